The fourth-order valence-corrected chi connectivity index (χ4v) is 6.84. The first-order valence-electron chi connectivity index (χ1n) is 17.6. The molecule has 0 aromatic heterocycles. The molecule has 0 spiro atoms. The standard InChI is InChI=1S/C16H29NO4.C12H21NO4.C6H11NO/c17-16(15(20)21)12-8-4-3-6-10-13(16)9-5-1-2-7-11-14(18)19;13-12(11(16)17)8-4-2-1-3-5-9(12)6-7-10(14)15;8-6-4-2-1-3-5-7-6/h13H,1-12,17H2,(H,18,19)(H,20,21);9H,1-8,13H2,(H,14,15)(H,16,17);1-5H2,(H,7,8). The molecule has 2 aliphatic carbocycles. The van der Waals surface area contributed by atoms with E-state index < -0.39 is 35.0 Å². The van der Waals surface area contributed by atoms with E-state index >= 15 is 0 Å². The van der Waals surface area contributed by atoms with Crippen LogP contribution in [0.15, 0.2) is 0 Å². The first-order valence-corrected chi connectivity index (χ1v) is 17.6. The Morgan fingerprint density at radius 1 is 0.609 bits per heavy atom. The monoisotopic (exact) mass is 655 g/mol. The van der Waals surface area contributed by atoms with Crippen molar-refractivity contribution < 1.29 is 44.4 Å². The number of amides is 1. The van der Waals surface area contributed by atoms with Crippen LogP contribution in [0.1, 0.15) is 154 Å². The molecule has 1 heterocycles. The van der Waals surface area contributed by atoms with E-state index in [2.05, 4.69) is 5.32 Å². The van der Waals surface area contributed by atoms with Gasteiger partial charge in [-0.3, -0.25) is 24.0 Å². The van der Waals surface area contributed by atoms with Crippen molar-refractivity contribution in [3.05, 3.63) is 0 Å². The molecule has 3 fully saturated rings. The molecule has 4 atom stereocenters. The van der Waals surface area contributed by atoms with Gasteiger partial charge in [-0.15, -0.1) is 0 Å². The van der Waals surface area contributed by atoms with Crippen LogP contribution in [0.4, 0.5) is 0 Å². The number of carbonyl (C=O) groups is 5. The molecule has 46 heavy (non-hydrogen) atoms. The van der Waals surface area contributed by atoms with Gasteiger partial charge in [0.25, 0.3) is 0 Å². The maximum atomic E-state index is 11.6. The van der Waals surface area contributed by atoms with E-state index in [1.807, 2.05) is 0 Å². The number of hydrogen-bond acceptors (Lipinski definition) is 7. The van der Waals surface area contributed by atoms with Crippen molar-refractivity contribution in [2.24, 2.45) is 23.3 Å². The third-order valence-corrected chi connectivity index (χ3v) is 9.84. The Morgan fingerprint density at radius 3 is 1.61 bits per heavy atom. The van der Waals surface area contributed by atoms with E-state index in [1.165, 1.54) is 12.8 Å². The Hall–Kier alpha value is -2.73. The number of aliphatic carboxylic acids is 4. The molecule has 9 N–H and O–H groups in total. The van der Waals surface area contributed by atoms with Gasteiger partial charge in [0, 0.05) is 25.8 Å². The maximum absolute atomic E-state index is 11.6. The van der Waals surface area contributed by atoms with E-state index in [9.17, 15) is 34.2 Å². The molecule has 0 aromatic carbocycles. The third kappa shape index (κ3) is 16.2. The predicted molar refractivity (Wildman–Crippen MR) is 175 cm³/mol. The molecular weight excluding hydrogens is 594 g/mol. The molecule has 1 aliphatic heterocycles. The van der Waals surface area contributed by atoms with Gasteiger partial charge in [-0.2, -0.15) is 0 Å². The molecule has 3 aliphatic rings. The van der Waals surface area contributed by atoms with Crippen LogP contribution in [0.5, 0.6) is 0 Å². The summed E-state index contributed by atoms with van der Waals surface area (Å²) in [5, 5.41) is 38.8. The number of rotatable bonds is 12. The highest BCUT2D eigenvalue weighted by atomic mass is 16.4. The lowest BCUT2D eigenvalue weighted by atomic mass is 9.73. The maximum Gasteiger partial charge on any atom is 0.323 e. The fourth-order valence-electron chi connectivity index (χ4n) is 6.84. The zero-order valence-electron chi connectivity index (χ0n) is 27.8. The molecule has 266 valence electrons. The van der Waals surface area contributed by atoms with Gasteiger partial charge < -0.3 is 37.2 Å². The topological polar surface area (TPSA) is 230 Å². The van der Waals surface area contributed by atoms with Crippen LogP contribution in [0.25, 0.3) is 0 Å². The van der Waals surface area contributed by atoms with Gasteiger partial charge >= 0.3 is 23.9 Å². The summed E-state index contributed by atoms with van der Waals surface area (Å²) in [6, 6.07) is 0. The molecule has 12 nitrogen and oxygen atoms in total. The minimum Gasteiger partial charge on any atom is -0.481 e. The highest BCUT2D eigenvalue weighted by Crippen LogP contribution is 2.34. The smallest absolute Gasteiger partial charge is 0.323 e. The summed E-state index contributed by atoms with van der Waals surface area (Å²) in [7, 11) is 0. The van der Waals surface area contributed by atoms with Crippen molar-refractivity contribution >= 4 is 29.8 Å². The van der Waals surface area contributed by atoms with E-state index in [4.69, 9.17) is 21.7 Å². The van der Waals surface area contributed by atoms with Crippen LogP contribution < -0.4 is 16.8 Å². The van der Waals surface area contributed by atoms with E-state index in [0.29, 0.717) is 25.7 Å². The van der Waals surface area contributed by atoms with Gasteiger partial charge in [0.15, 0.2) is 0 Å². The molecule has 3 rings (SSSR count). The van der Waals surface area contributed by atoms with Crippen molar-refractivity contribution in [1.29, 1.82) is 0 Å². The fraction of sp³-hybridized carbons (Fsp3) is 0.853. The number of nitrogens with one attached hydrogen (secondary N) is 1. The molecule has 4 unspecified atom stereocenters. The molecule has 2 saturated carbocycles. The summed E-state index contributed by atoms with van der Waals surface area (Å²) in [6.45, 7) is 0.888. The van der Waals surface area contributed by atoms with Crippen LogP contribution in [-0.2, 0) is 24.0 Å². The number of carbonyl (C=O) groups excluding carboxylic acids is 1. The number of unbranched alkanes of at least 4 members (excludes halogenated alkanes) is 3. The van der Waals surface area contributed by atoms with E-state index in [0.717, 1.165) is 109 Å². The van der Waals surface area contributed by atoms with Gasteiger partial charge in [0.2, 0.25) is 5.91 Å². The quantitative estimate of drug-likeness (QED) is 0.131. The number of hydrogen-bond donors (Lipinski definition) is 7. The Labute approximate surface area is 274 Å². The van der Waals surface area contributed by atoms with Crippen LogP contribution in [-0.4, -0.2) is 67.8 Å². The van der Waals surface area contributed by atoms with Gasteiger partial charge in [-0.05, 0) is 69.6 Å². The number of nitrogens with two attached hydrogens (primary N) is 2. The van der Waals surface area contributed by atoms with Gasteiger partial charge in [0.1, 0.15) is 11.1 Å². The Balaban J connectivity index is 0.000000376. The van der Waals surface area contributed by atoms with Crippen molar-refractivity contribution in [3.8, 4) is 0 Å². The Bertz CT molecular complexity index is 937. The zero-order valence-corrected chi connectivity index (χ0v) is 27.8. The van der Waals surface area contributed by atoms with E-state index in [-0.39, 0.29) is 30.6 Å². The minimum atomic E-state index is -1.24. The van der Waals surface area contributed by atoms with Crippen LogP contribution in [0.3, 0.4) is 0 Å². The summed E-state index contributed by atoms with van der Waals surface area (Å²) in [5.41, 5.74) is 9.92. The van der Waals surface area contributed by atoms with Crippen molar-refractivity contribution in [1.82, 2.24) is 5.32 Å². The minimum absolute atomic E-state index is 0.00308. The first-order chi connectivity index (χ1) is 21.8. The Kier molecular flexibility index (Phi) is 20.4. The lowest BCUT2D eigenvalue weighted by Gasteiger charge is -2.35. The van der Waals surface area contributed by atoms with Gasteiger partial charge in [-0.1, -0.05) is 77.0 Å². The summed E-state index contributed by atoms with van der Waals surface area (Å²) in [4.78, 5) is 54.5. The lowest BCUT2D eigenvalue weighted by Crippen LogP contribution is -2.54. The summed E-state index contributed by atoms with van der Waals surface area (Å²) < 4.78 is 0. The zero-order chi connectivity index (χ0) is 34.4. The second kappa shape index (κ2) is 22.7. The summed E-state index contributed by atoms with van der Waals surface area (Å²) in [5.74, 6) is -3.44. The van der Waals surface area contributed by atoms with Crippen molar-refractivity contribution in [2.75, 3.05) is 6.54 Å². The first kappa shape index (κ1) is 41.3. The Morgan fingerprint density at radius 2 is 1.09 bits per heavy atom. The predicted octanol–water partition coefficient (Wildman–Crippen LogP) is 5.44. The number of carboxylic acid groups (broad SMARTS) is 4. The molecular formula is C34H61N3O9. The second-order valence-corrected chi connectivity index (χ2v) is 13.4. The van der Waals surface area contributed by atoms with Crippen LogP contribution in [0, 0.1) is 11.8 Å². The van der Waals surface area contributed by atoms with Crippen molar-refractivity contribution in [2.45, 2.75) is 165 Å². The van der Waals surface area contributed by atoms with Crippen molar-refractivity contribution in [3.63, 3.8) is 0 Å². The average Bonchev–Trinajstić information content (AvgIpc) is 3.23. The van der Waals surface area contributed by atoms with Crippen LogP contribution >= 0.6 is 0 Å². The molecule has 1 saturated heterocycles. The summed E-state index contributed by atoms with van der Waals surface area (Å²) in [6.07, 6.45) is 19.8. The normalized spacial score (nSPS) is 27.2. The molecule has 0 bridgehead atoms. The largest absolute Gasteiger partial charge is 0.481 e. The summed E-state index contributed by atoms with van der Waals surface area (Å²) >= 11 is 0. The van der Waals surface area contributed by atoms with Crippen LogP contribution in [0.2, 0.25) is 0 Å². The highest BCUT2D eigenvalue weighted by molar-refractivity contribution is 5.79. The second-order valence-electron chi connectivity index (χ2n) is 13.4. The number of carboxylic acids is 4. The average molecular weight is 656 g/mol. The SMILES string of the molecule is NC1(C(=O)O)CCCCCCC1CCC(=O)O.NC1(C(=O)O)CCCCCCC1CCCCCCC(=O)O.O=C1CCCCCN1. The molecule has 12 heteroatoms. The molecule has 1 amide bonds. The lowest BCUT2D eigenvalue weighted by molar-refractivity contribution is -0.148. The van der Waals surface area contributed by atoms with Gasteiger partial charge in [0.05, 0.1) is 0 Å². The van der Waals surface area contributed by atoms with Gasteiger partial charge in [-0.25, -0.2) is 0 Å². The van der Waals surface area contributed by atoms with E-state index in [1.54, 1.807) is 0 Å². The molecule has 0 radical (unpaired) electrons. The third-order valence-electron chi connectivity index (χ3n) is 9.84. The molecule has 0 aromatic rings. The highest BCUT2D eigenvalue weighted by Gasteiger charge is 2.42.